The Morgan fingerprint density at radius 1 is 1.05 bits per heavy atom. The molecule has 0 bridgehead atoms. The van der Waals surface area contributed by atoms with E-state index in [2.05, 4.69) is 30.4 Å². The van der Waals surface area contributed by atoms with Gasteiger partial charge in [-0.1, -0.05) is 46.6 Å². The third-order valence-corrected chi connectivity index (χ3v) is 6.47. The highest BCUT2D eigenvalue weighted by atomic mass is 35.5. The molecule has 5 aromatic rings. The van der Waals surface area contributed by atoms with E-state index in [-0.39, 0.29) is 29.6 Å². The number of nitrogens with one attached hydrogen (secondary N) is 1. The van der Waals surface area contributed by atoms with Crippen molar-refractivity contribution in [3.63, 3.8) is 0 Å². The summed E-state index contributed by atoms with van der Waals surface area (Å²) in [6.45, 7) is -0.0608. The van der Waals surface area contributed by atoms with Crippen LogP contribution in [0.1, 0.15) is 12.0 Å². The van der Waals surface area contributed by atoms with Crippen LogP contribution in [0.4, 0.5) is 5.69 Å². The summed E-state index contributed by atoms with van der Waals surface area (Å²) in [5.41, 5.74) is 3.07. The number of carbonyl (C=O) groups is 2. The van der Waals surface area contributed by atoms with Crippen molar-refractivity contribution in [2.45, 2.75) is 19.4 Å². The highest BCUT2D eigenvalue weighted by Gasteiger charge is 2.15. The minimum atomic E-state index is -0.450. The van der Waals surface area contributed by atoms with Gasteiger partial charge in [-0.2, -0.15) is 5.10 Å². The Morgan fingerprint density at radius 2 is 1.88 bits per heavy atom. The van der Waals surface area contributed by atoms with Gasteiger partial charge in [0.1, 0.15) is 12.9 Å². The predicted molar refractivity (Wildman–Crippen MR) is 151 cm³/mol. The van der Waals surface area contributed by atoms with Crippen LogP contribution in [0.5, 0.6) is 0 Å². The number of halogens is 2. The van der Waals surface area contributed by atoms with Gasteiger partial charge in [0, 0.05) is 29.3 Å². The molecule has 5 rings (SSSR count). The Balaban J connectivity index is 1.34. The molecule has 0 atom stereocenters. The lowest BCUT2D eigenvalue weighted by molar-refractivity contribution is -0.141. The molecule has 2 aromatic carbocycles. The fourth-order valence-electron chi connectivity index (χ4n) is 4.14. The zero-order chi connectivity index (χ0) is 28.9. The number of aryl methyl sites for hydroxylation is 1. The molecule has 0 saturated carbocycles. The van der Waals surface area contributed by atoms with Gasteiger partial charge in [-0.05, 0) is 36.2 Å². The quantitative estimate of drug-likeness (QED) is 0.255. The van der Waals surface area contributed by atoms with Crippen LogP contribution in [-0.2, 0) is 27.3 Å². The van der Waals surface area contributed by atoms with Crippen molar-refractivity contribution < 1.29 is 14.3 Å². The van der Waals surface area contributed by atoms with Crippen LogP contribution < -0.4 is 10.9 Å². The van der Waals surface area contributed by atoms with Crippen molar-refractivity contribution >= 4 is 40.8 Å². The number of amides is 1. The third-order valence-electron chi connectivity index (χ3n) is 6.07. The van der Waals surface area contributed by atoms with Gasteiger partial charge < -0.3 is 10.1 Å². The third kappa shape index (κ3) is 6.51. The molecule has 0 spiro atoms. The molecule has 208 valence electrons. The van der Waals surface area contributed by atoms with Gasteiger partial charge in [0.05, 0.1) is 42.3 Å². The second-order valence-corrected chi connectivity index (χ2v) is 9.63. The molecule has 0 radical (unpaired) electrons. The van der Waals surface area contributed by atoms with Crippen molar-refractivity contribution in [3.8, 4) is 22.6 Å². The maximum atomic E-state index is 13.3. The van der Waals surface area contributed by atoms with Gasteiger partial charge in [0.2, 0.25) is 5.91 Å². The van der Waals surface area contributed by atoms with Crippen LogP contribution in [0.15, 0.2) is 78.2 Å². The van der Waals surface area contributed by atoms with E-state index < -0.39 is 5.97 Å². The highest BCUT2D eigenvalue weighted by Crippen LogP contribution is 2.28. The van der Waals surface area contributed by atoms with Gasteiger partial charge in [0.25, 0.3) is 5.56 Å². The summed E-state index contributed by atoms with van der Waals surface area (Å²) in [4.78, 5) is 41.9. The Morgan fingerprint density at radius 3 is 2.63 bits per heavy atom. The number of benzene rings is 2. The number of carbonyl (C=O) groups excluding carboxylic acids is 2. The first kappa shape index (κ1) is 27.7. The van der Waals surface area contributed by atoms with E-state index in [4.69, 9.17) is 23.2 Å². The van der Waals surface area contributed by atoms with Crippen molar-refractivity contribution in [2.75, 3.05) is 12.4 Å². The van der Waals surface area contributed by atoms with Crippen LogP contribution >= 0.6 is 23.2 Å². The predicted octanol–water partition coefficient (Wildman–Crippen LogP) is 3.73. The van der Waals surface area contributed by atoms with Crippen LogP contribution in [0.3, 0.4) is 0 Å². The van der Waals surface area contributed by atoms with Crippen molar-refractivity contribution in [1.29, 1.82) is 0 Å². The Kier molecular flexibility index (Phi) is 8.22. The Hall–Kier alpha value is -4.81. The number of esters is 1. The minimum absolute atomic E-state index is 0.0608. The van der Waals surface area contributed by atoms with E-state index in [1.165, 1.54) is 45.8 Å². The number of aromatic nitrogens is 7. The number of methoxy groups -OCH3 is 1. The smallest absolute Gasteiger partial charge is 0.327 e. The average Bonchev–Trinajstić information content (AvgIpc) is 3.60. The average molecular weight is 593 g/mol. The topological polar surface area (TPSA) is 139 Å². The van der Waals surface area contributed by atoms with Crippen LogP contribution in [0.2, 0.25) is 10.2 Å². The van der Waals surface area contributed by atoms with Gasteiger partial charge in [0.15, 0.2) is 5.15 Å². The number of nitrogens with zero attached hydrogens (tertiary/aromatic N) is 7. The monoisotopic (exact) mass is 592 g/mol. The van der Waals surface area contributed by atoms with Crippen LogP contribution in [-0.4, -0.2) is 53.3 Å². The maximum Gasteiger partial charge on any atom is 0.327 e. The molecule has 0 fully saturated rings. The summed E-state index contributed by atoms with van der Waals surface area (Å²) in [5, 5.41) is 15.3. The summed E-state index contributed by atoms with van der Waals surface area (Å²) in [5.74, 6) is -0.701. The number of hydrogen-bond acceptors (Lipinski definition) is 8. The number of hydrogen-bond donors (Lipinski definition) is 1. The molecule has 0 aliphatic heterocycles. The summed E-state index contributed by atoms with van der Waals surface area (Å²) < 4.78 is 8.88. The molecule has 0 saturated heterocycles. The molecule has 12 nitrogen and oxygen atoms in total. The molecule has 14 heteroatoms. The fraction of sp³-hybridized carbons (Fsp3) is 0.148. The number of anilines is 1. The summed E-state index contributed by atoms with van der Waals surface area (Å²) in [6.07, 6.45) is 6.47. The van der Waals surface area contributed by atoms with Crippen molar-refractivity contribution in [3.05, 3.63) is 99.5 Å². The Labute approximate surface area is 243 Å². The highest BCUT2D eigenvalue weighted by molar-refractivity contribution is 6.31. The second-order valence-electron chi connectivity index (χ2n) is 8.81. The maximum absolute atomic E-state index is 13.3. The molecule has 3 aromatic heterocycles. The number of rotatable bonds is 9. The molecular weight excluding hydrogens is 571 g/mol. The molecule has 3 heterocycles. The lowest BCUT2D eigenvalue weighted by Crippen LogP contribution is -2.20. The zero-order valence-corrected chi connectivity index (χ0v) is 23.1. The Bertz CT molecular complexity index is 1800. The minimum Gasteiger partial charge on any atom is -0.468 e. The van der Waals surface area contributed by atoms with E-state index in [9.17, 15) is 14.4 Å². The van der Waals surface area contributed by atoms with E-state index >= 15 is 0 Å². The lowest BCUT2D eigenvalue weighted by Gasteiger charge is -2.13. The van der Waals surface area contributed by atoms with Crippen LogP contribution in [0, 0.1) is 0 Å². The largest absolute Gasteiger partial charge is 0.468 e. The van der Waals surface area contributed by atoms with Gasteiger partial charge in [-0.3, -0.25) is 23.6 Å². The van der Waals surface area contributed by atoms with Crippen LogP contribution in [0.25, 0.3) is 22.6 Å². The molecular formula is C27H22Cl2N8O4. The summed E-state index contributed by atoms with van der Waals surface area (Å²) >= 11 is 12.2. The molecule has 41 heavy (non-hydrogen) atoms. The molecule has 0 unspecified atom stereocenters. The standard InChI is InChI=1S/C27H22Cl2N8O4/c1-41-27(40)15-35-13-19(12-31-35)32-25(38)9-6-17-4-2-3-5-22(17)36-16-30-21(11-26(36)39)20-10-18(28)7-8-23(20)37-14-24(29)33-34-37/h2-5,7-8,10-14,16H,6,9,15H2,1H3,(H,32,38). The van der Waals surface area contributed by atoms with Crippen molar-refractivity contribution in [1.82, 2.24) is 34.3 Å². The first-order chi connectivity index (χ1) is 19.8. The lowest BCUT2D eigenvalue weighted by atomic mass is 10.1. The number of ether oxygens (including phenoxy) is 1. The summed E-state index contributed by atoms with van der Waals surface area (Å²) in [6, 6.07) is 13.8. The van der Waals surface area contributed by atoms with E-state index in [1.54, 1.807) is 36.5 Å². The van der Waals surface area contributed by atoms with Gasteiger partial charge in [-0.15, -0.1) is 5.10 Å². The van der Waals surface area contributed by atoms with E-state index in [1.807, 2.05) is 12.1 Å². The molecule has 0 aliphatic carbocycles. The fourth-order valence-corrected chi connectivity index (χ4v) is 4.44. The van der Waals surface area contributed by atoms with Gasteiger partial charge >= 0.3 is 5.97 Å². The summed E-state index contributed by atoms with van der Waals surface area (Å²) in [7, 11) is 1.29. The molecule has 1 N–H and O–H groups in total. The van der Waals surface area contributed by atoms with Gasteiger partial charge in [-0.25, -0.2) is 9.67 Å². The van der Waals surface area contributed by atoms with E-state index in [0.717, 1.165) is 5.56 Å². The second kappa shape index (κ2) is 12.1. The number of para-hydroxylation sites is 1. The van der Waals surface area contributed by atoms with E-state index in [0.29, 0.717) is 39.8 Å². The molecule has 0 aliphatic rings. The van der Waals surface area contributed by atoms with Crippen molar-refractivity contribution in [2.24, 2.45) is 0 Å². The zero-order valence-electron chi connectivity index (χ0n) is 21.6. The first-order valence-electron chi connectivity index (χ1n) is 12.2. The SMILES string of the molecule is COC(=O)Cn1cc(NC(=O)CCc2ccccc2-n2cnc(-c3cc(Cl)ccc3-n3cc(Cl)nn3)cc2=O)cn1. The first-order valence-corrected chi connectivity index (χ1v) is 13.0. The molecule has 1 amide bonds. The normalized spacial score (nSPS) is 10.9.